The molecule has 0 bridgehead atoms. The zero-order chi connectivity index (χ0) is 36.7. The van der Waals surface area contributed by atoms with Crippen LogP contribution in [-0.2, 0) is 0 Å². The fourth-order valence-corrected chi connectivity index (χ4v) is 8.37. The second-order valence-corrected chi connectivity index (χ2v) is 14.2. The molecule has 0 fully saturated rings. The summed E-state index contributed by atoms with van der Waals surface area (Å²) in [6.45, 7) is 0. The molecule has 56 heavy (non-hydrogen) atoms. The van der Waals surface area contributed by atoms with Gasteiger partial charge in [0.1, 0.15) is 11.0 Å². The molecule has 0 spiro atoms. The molecule has 0 unspecified atom stereocenters. The van der Waals surface area contributed by atoms with Crippen molar-refractivity contribution in [3.05, 3.63) is 182 Å². The van der Waals surface area contributed by atoms with Crippen LogP contribution in [0.4, 0.5) is 0 Å². The molecule has 6 heteroatoms. The standard InChI is InChI=1S/C50H30N4O2/c1-2-10-35(11-3-1)54-43-15-7-4-12-37(43)38-25-20-32(30-46(38)54)31-18-23-36(24-19-31)53-44-26-21-33(49-51-41-13-5-8-16-47(41)55-49)28-39(44)40-29-34(22-27-45(40)53)50-52-42-14-6-9-17-48(42)56-50/h1-30H. The van der Waals surface area contributed by atoms with Gasteiger partial charge in [0.25, 0.3) is 0 Å². The summed E-state index contributed by atoms with van der Waals surface area (Å²) in [5, 5.41) is 4.66. The van der Waals surface area contributed by atoms with Crippen molar-refractivity contribution in [3.8, 4) is 45.4 Å². The molecule has 4 heterocycles. The number of hydrogen-bond acceptors (Lipinski definition) is 4. The lowest BCUT2D eigenvalue weighted by molar-refractivity contribution is 0.619. The summed E-state index contributed by atoms with van der Waals surface area (Å²) in [5.74, 6) is 1.19. The molecule has 4 aromatic heterocycles. The van der Waals surface area contributed by atoms with Crippen molar-refractivity contribution in [2.75, 3.05) is 0 Å². The van der Waals surface area contributed by atoms with Crippen molar-refractivity contribution < 1.29 is 8.83 Å². The van der Waals surface area contributed by atoms with Gasteiger partial charge in [0.05, 0.1) is 22.1 Å². The van der Waals surface area contributed by atoms with Crippen molar-refractivity contribution in [1.29, 1.82) is 0 Å². The van der Waals surface area contributed by atoms with E-state index < -0.39 is 0 Å². The van der Waals surface area contributed by atoms with Gasteiger partial charge in [0, 0.05) is 44.0 Å². The molecule has 0 radical (unpaired) electrons. The first-order valence-electron chi connectivity index (χ1n) is 18.7. The van der Waals surface area contributed by atoms with E-state index in [1.807, 2.05) is 48.5 Å². The van der Waals surface area contributed by atoms with Gasteiger partial charge in [-0.15, -0.1) is 0 Å². The summed E-state index contributed by atoms with van der Waals surface area (Å²) < 4.78 is 17.1. The monoisotopic (exact) mass is 718 g/mol. The Balaban J connectivity index is 1.01. The Kier molecular flexibility index (Phi) is 6.53. The predicted molar refractivity (Wildman–Crippen MR) is 227 cm³/mol. The van der Waals surface area contributed by atoms with E-state index in [9.17, 15) is 0 Å². The Morgan fingerprint density at radius 3 is 1.45 bits per heavy atom. The van der Waals surface area contributed by atoms with E-state index in [-0.39, 0.29) is 0 Å². The van der Waals surface area contributed by atoms with Crippen molar-refractivity contribution in [2.45, 2.75) is 0 Å². The lowest BCUT2D eigenvalue weighted by Gasteiger charge is -2.11. The molecular weight excluding hydrogens is 689 g/mol. The Morgan fingerprint density at radius 1 is 0.321 bits per heavy atom. The second-order valence-electron chi connectivity index (χ2n) is 14.2. The third-order valence-corrected chi connectivity index (χ3v) is 11.0. The molecule has 0 saturated heterocycles. The number of hydrogen-bond donors (Lipinski definition) is 0. The minimum absolute atomic E-state index is 0.594. The van der Waals surface area contributed by atoms with Gasteiger partial charge < -0.3 is 18.0 Å². The number of fused-ring (bicyclic) bond motifs is 8. The molecule has 0 aliphatic rings. The molecule has 0 N–H and O–H groups in total. The number of nitrogens with zero attached hydrogens (tertiary/aromatic N) is 4. The highest BCUT2D eigenvalue weighted by molar-refractivity contribution is 6.12. The molecule has 0 atom stereocenters. The van der Waals surface area contributed by atoms with Crippen molar-refractivity contribution >= 4 is 65.8 Å². The fourth-order valence-electron chi connectivity index (χ4n) is 8.37. The molecule has 8 aromatic carbocycles. The predicted octanol–water partition coefficient (Wildman–Crippen LogP) is 13.2. The molecule has 12 aromatic rings. The van der Waals surface area contributed by atoms with Crippen LogP contribution in [0.5, 0.6) is 0 Å². The van der Waals surface area contributed by atoms with Gasteiger partial charge in [-0.05, 0) is 108 Å². The third kappa shape index (κ3) is 4.69. The quantitative estimate of drug-likeness (QED) is 0.178. The Labute approximate surface area is 320 Å². The lowest BCUT2D eigenvalue weighted by Crippen LogP contribution is -1.94. The van der Waals surface area contributed by atoms with Gasteiger partial charge in [-0.25, -0.2) is 9.97 Å². The van der Waals surface area contributed by atoms with E-state index in [1.54, 1.807) is 0 Å². The maximum Gasteiger partial charge on any atom is 0.227 e. The SMILES string of the molecule is c1ccc(-n2c3ccccc3c3ccc(-c4ccc(-n5c6ccc(-c7nc8ccccc8o7)cc6c6cc(-c7nc8ccccc8o7)ccc65)cc4)cc32)cc1. The third-order valence-electron chi connectivity index (χ3n) is 11.0. The molecular formula is C50H30N4O2. The molecule has 12 rings (SSSR count). The number of aromatic nitrogens is 4. The zero-order valence-electron chi connectivity index (χ0n) is 29.9. The number of benzene rings is 8. The zero-order valence-corrected chi connectivity index (χ0v) is 29.9. The van der Waals surface area contributed by atoms with Crippen LogP contribution in [0.1, 0.15) is 0 Å². The van der Waals surface area contributed by atoms with E-state index in [0.29, 0.717) is 11.8 Å². The molecule has 0 saturated carbocycles. The van der Waals surface area contributed by atoms with E-state index in [1.165, 1.54) is 21.8 Å². The minimum Gasteiger partial charge on any atom is -0.436 e. The van der Waals surface area contributed by atoms with Crippen LogP contribution >= 0.6 is 0 Å². The van der Waals surface area contributed by atoms with E-state index >= 15 is 0 Å². The van der Waals surface area contributed by atoms with Crippen LogP contribution < -0.4 is 0 Å². The summed E-state index contributed by atoms with van der Waals surface area (Å²) in [5.41, 5.74) is 14.1. The van der Waals surface area contributed by atoms with Gasteiger partial charge >= 0.3 is 0 Å². The number of oxazole rings is 2. The van der Waals surface area contributed by atoms with Gasteiger partial charge in [0.2, 0.25) is 11.8 Å². The first-order valence-corrected chi connectivity index (χ1v) is 18.7. The summed E-state index contributed by atoms with van der Waals surface area (Å²) in [6, 6.07) is 63.6. The highest BCUT2D eigenvalue weighted by Gasteiger charge is 2.19. The van der Waals surface area contributed by atoms with Gasteiger partial charge in [-0.1, -0.05) is 84.9 Å². The molecule has 6 nitrogen and oxygen atoms in total. The number of para-hydroxylation sites is 6. The highest BCUT2D eigenvalue weighted by Crippen LogP contribution is 2.39. The Morgan fingerprint density at radius 2 is 0.804 bits per heavy atom. The maximum atomic E-state index is 6.22. The molecule has 0 aliphatic carbocycles. The highest BCUT2D eigenvalue weighted by atomic mass is 16.4. The van der Waals surface area contributed by atoms with E-state index in [4.69, 9.17) is 18.8 Å². The topological polar surface area (TPSA) is 61.9 Å². The van der Waals surface area contributed by atoms with E-state index in [0.717, 1.165) is 77.6 Å². The summed E-state index contributed by atoms with van der Waals surface area (Å²) in [7, 11) is 0. The van der Waals surface area contributed by atoms with Crippen LogP contribution in [0, 0.1) is 0 Å². The van der Waals surface area contributed by atoms with Crippen LogP contribution in [0.25, 0.3) is 111 Å². The van der Waals surface area contributed by atoms with Gasteiger partial charge in [-0.2, -0.15) is 0 Å². The maximum absolute atomic E-state index is 6.22. The first kappa shape index (κ1) is 30.7. The lowest BCUT2D eigenvalue weighted by atomic mass is 10.0. The normalized spacial score (nSPS) is 11.9. The minimum atomic E-state index is 0.594. The smallest absolute Gasteiger partial charge is 0.227 e. The van der Waals surface area contributed by atoms with Crippen molar-refractivity contribution in [3.63, 3.8) is 0 Å². The van der Waals surface area contributed by atoms with Crippen molar-refractivity contribution in [2.24, 2.45) is 0 Å². The molecule has 262 valence electrons. The van der Waals surface area contributed by atoms with Gasteiger partial charge in [-0.3, -0.25) is 0 Å². The summed E-state index contributed by atoms with van der Waals surface area (Å²) in [6.07, 6.45) is 0. The Hall–Kier alpha value is -7.70. The largest absolute Gasteiger partial charge is 0.436 e. The van der Waals surface area contributed by atoms with Crippen LogP contribution in [0.15, 0.2) is 191 Å². The van der Waals surface area contributed by atoms with Crippen molar-refractivity contribution in [1.82, 2.24) is 19.1 Å². The summed E-state index contributed by atoms with van der Waals surface area (Å²) >= 11 is 0. The summed E-state index contributed by atoms with van der Waals surface area (Å²) in [4.78, 5) is 9.63. The Bertz CT molecular complexity index is 3280. The fraction of sp³-hybridized carbons (Fsp3) is 0. The molecule has 0 aliphatic heterocycles. The van der Waals surface area contributed by atoms with Crippen LogP contribution in [0.3, 0.4) is 0 Å². The number of rotatable bonds is 5. The van der Waals surface area contributed by atoms with E-state index in [2.05, 4.69) is 143 Å². The van der Waals surface area contributed by atoms with Gasteiger partial charge in [0.15, 0.2) is 11.2 Å². The first-order chi connectivity index (χ1) is 27.7. The van der Waals surface area contributed by atoms with Crippen LogP contribution in [0.2, 0.25) is 0 Å². The second kappa shape index (κ2) is 11.9. The van der Waals surface area contributed by atoms with Crippen LogP contribution in [-0.4, -0.2) is 19.1 Å². The molecule has 0 amide bonds. The average Bonchev–Trinajstić information content (AvgIpc) is 4.04. The average molecular weight is 719 g/mol.